The molecule has 1 heterocycles. The van der Waals surface area contributed by atoms with E-state index < -0.39 is 10.0 Å². The van der Waals surface area contributed by atoms with Crippen molar-refractivity contribution in [3.05, 3.63) is 29.3 Å². The number of piperazine rings is 1. The van der Waals surface area contributed by atoms with Crippen molar-refractivity contribution in [1.29, 1.82) is 0 Å². The number of benzene rings is 1. The predicted molar refractivity (Wildman–Crippen MR) is 92.3 cm³/mol. The summed E-state index contributed by atoms with van der Waals surface area (Å²) in [5.41, 5.74) is 0.932. The molecular formula is C15H22ClN3O3S. The smallest absolute Gasteiger partial charge is 0.219 e. The van der Waals surface area contributed by atoms with Crippen molar-refractivity contribution in [2.45, 2.75) is 13.3 Å². The van der Waals surface area contributed by atoms with E-state index in [9.17, 15) is 13.2 Å². The van der Waals surface area contributed by atoms with Crippen LogP contribution in [0.1, 0.15) is 13.3 Å². The van der Waals surface area contributed by atoms with Crippen LogP contribution in [-0.2, 0) is 14.8 Å². The number of hydrogen-bond donors (Lipinski definition) is 1. The lowest BCUT2D eigenvalue weighted by Gasteiger charge is -2.35. The van der Waals surface area contributed by atoms with Gasteiger partial charge in [-0.15, -0.1) is 0 Å². The molecule has 0 unspecified atom stereocenters. The first-order chi connectivity index (χ1) is 10.9. The molecule has 128 valence electrons. The molecule has 23 heavy (non-hydrogen) atoms. The highest BCUT2D eigenvalue weighted by Crippen LogP contribution is 2.26. The van der Waals surface area contributed by atoms with Crippen LogP contribution in [0.5, 0.6) is 0 Å². The first-order valence-electron chi connectivity index (χ1n) is 7.68. The van der Waals surface area contributed by atoms with Gasteiger partial charge in [-0.25, -0.2) is 8.42 Å². The Morgan fingerprint density at radius 2 is 1.87 bits per heavy atom. The average Bonchev–Trinajstić information content (AvgIpc) is 2.55. The van der Waals surface area contributed by atoms with Crippen molar-refractivity contribution in [3.63, 3.8) is 0 Å². The molecule has 0 spiro atoms. The Morgan fingerprint density at radius 3 is 2.48 bits per heavy atom. The molecule has 0 saturated carbocycles. The zero-order valence-electron chi connectivity index (χ0n) is 13.2. The molecule has 1 aliphatic rings. The van der Waals surface area contributed by atoms with Gasteiger partial charge in [-0.2, -0.15) is 4.31 Å². The fourth-order valence-electron chi connectivity index (χ4n) is 2.49. The number of nitrogens with one attached hydrogen (secondary N) is 1. The average molecular weight is 360 g/mol. The molecule has 0 atom stereocenters. The van der Waals surface area contributed by atoms with Crippen molar-refractivity contribution in [2.75, 3.05) is 43.4 Å². The van der Waals surface area contributed by atoms with E-state index in [1.54, 1.807) is 6.92 Å². The second kappa shape index (κ2) is 7.99. The first kappa shape index (κ1) is 18.0. The van der Waals surface area contributed by atoms with Gasteiger partial charge in [-0.05, 0) is 12.1 Å². The number of hydrogen-bond acceptors (Lipinski definition) is 4. The van der Waals surface area contributed by atoms with E-state index in [0.717, 1.165) is 5.69 Å². The SMILES string of the molecule is CCC(=O)NCCS(=O)(=O)N1CCN(c2ccccc2Cl)CC1. The number of carbonyl (C=O) groups is 1. The van der Waals surface area contributed by atoms with Crippen molar-refractivity contribution in [1.82, 2.24) is 9.62 Å². The Hall–Kier alpha value is -1.31. The standard InChI is InChI=1S/C15H22ClN3O3S/c1-2-15(20)17-7-12-23(21,22)19-10-8-18(9-11-19)14-6-4-3-5-13(14)16/h3-6H,2,7-12H2,1H3,(H,17,20). The topological polar surface area (TPSA) is 69.7 Å². The largest absolute Gasteiger partial charge is 0.368 e. The molecule has 2 rings (SSSR count). The number of amides is 1. The molecule has 1 N–H and O–H groups in total. The van der Waals surface area contributed by atoms with Crippen molar-refractivity contribution >= 4 is 33.2 Å². The molecular weight excluding hydrogens is 338 g/mol. The fourth-order valence-corrected chi connectivity index (χ4v) is 4.08. The maximum absolute atomic E-state index is 12.3. The summed E-state index contributed by atoms with van der Waals surface area (Å²) in [6.45, 7) is 3.94. The Balaban J connectivity index is 1.88. The highest BCUT2D eigenvalue weighted by Gasteiger charge is 2.27. The van der Waals surface area contributed by atoms with E-state index in [1.165, 1.54) is 4.31 Å². The van der Waals surface area contributed by atoms with Gasteiger partial charge < -0.3 is 10.2 Å². The summed E-state index contributed by atoms with van der Waals surface area (Å²) >= 11 is 6.18. The number of carbonyl (C=O) groups excluding carboxylic acids is 1. The van der Waals surface area contributed by atoms with E-state index >= 15 is 0 Å². The van der Waals surface area contributed by atoms with Crippen LogP contribution in [0.3, 0.4) is 0 Å². The zero-order valence-corrected chi connectivity index (χ0v) is 14.7. The summed E-state index contributed by atoms with van der Waals surface area (Å²) in [5.74, 6) is -0.200. The third-order valence-corrected chi connectivity index (χ3v) is 6.02. The first-order valence-corrected chi connectivity index (χ1v) is 9.66. The van der Waals surface area contributed by atoms with Gasteiger partial charge in [-0.1, -0.05) is 30.7 Å². The number of para-hydroxylation sites is 1. The lowest BCUT2D eigenvalue weighted by Crippen LogP contribution is -2.50. The molecule has 1 aromatic carbocycles. The molecule has 6 nitrogen and oxygen atoms in total. The Labute approximate surface area is 142 Å². The molecule has 1 aromatic rings. The van der Waals surface area contributed by atoms with Crippen LogP contribution in [0.4, 0.5) is 5.69 Å². The Morgan fingerprint density at radius 1 is 1.22 bits per heavy atom. The quantitative estimate of drug-likeness (QED) is 0.831. The Kier molecular flexibility index (Phi) is 6.26. The molecule has 8 heteroatoms. The van der Waals surface area contributed by atoms with Gasteiger partial charge in [0.25, 0.3) is 0 Å². The summed E-state index contributed by atoms with van der Waals surface area (Å²) in [6.07, 6.45) is 0.358. The van der Waals surface area contributed by atoms with E-state index in [4.69, 9.17) is 11.6 Å². The number of anilines is 1. The predicted octanol–water partition coefficient (Wildman–Crippen LogP) is 1.32. The van der Waals surface area contributed by atoms with E-state index in [2.05, 4.69) is 10.2 Å². The molecule has 1 saturated heterocycles. The van der Waals surface area contributed by atoms with Crippen LogP contribution >= 0.6 is 11.6 Å². The summed E-state index contributed by atoms with van der Waals surface area (Å²) in [6, 6.07) is 7.56. The van der Waals surface area contributed by atoms with Crippen LogP contribution in [-0.4, -0.2) is 57.1 Å². The van der Waals surface area contributed by atoms with Gasteiger partial charge in [-0.3, -0.25) is 4.79 Å². The van der Waals surface area contributed by atoms with Gasteiger partial charge in [0.2, 0.25) is 15.9 Å². The van der Waals surface area contributed by atoms with Gasteiger partial charge in [0.1, 0.15) is 0 Å². The summed E-state index contributed by atoms with van der Waals surface area (Å²) in [4.78, 5) is 13.3. The second-order valence-corrected chi connectivity index (χ2v) is 7.85. The monoisotopic (exact) mass is 359 g/mol. The number of rotatable bonds is 6. The molecule has 1 fully saturated rings. The molecule has 0 aromatic heterocycles. The van der Waals surface area contributed by atoms with E-state index in [0.29, 0.717) is 37.6 Å². The molecule has 0 radical (unpaired) electrons. The summed E-state index contributed by atoms with van der Waals surface area (Å²) in [5, 5.41) is 3.27. The van der Waals surface area contributed by atoms with E-state index in [-0.39, 0.29) is 18.2 Å². The highest BCUT2D eigenvalue weighted by atomic mass is 35.5. The molecule has 1 amide bonds. The molecule has 0 bridgehead atoms. The minimum atomic E-state index is -3.34. The van der Waals surface area contributed by atoms with Crippen molar-refractivity contribution < 1.29 is 13.2 Å². The van der Waals surface area contributed by atoms with Crippen molar-refractivity contribution in [2.24, 2.45) is 0 Å². The van der Waals surface area contributed by atoms with Gasteiger partial charge in [0.15, 0.2) is 0 Å². The van der Waals surface area contributed by atoms with Crippen LogP contribution < -0.4 is 10.2 Å². The van der Waals surface area contributed by atoms with Crippen LogP contribution in [0.15, 0.2) is 24.3 Å². The fraction of sp³-hybridized carbons (Fsp3) is 0.533. The molecule has 1 aliphatic heterocycles. The Bertz CT molecular complexity index is 643. The minimum Gasteiger partial charge on any atom is -0.368 e. The normalized spacial score (nSPS) is 16.3. The van der Waals surface area contributed by atoms with Crippen LogP contribution in [0.25, 0.3) is 0 Å². The third kappa shape index (κ3) is 4.83. The summed E-state index contributed by atoms with van der Waals surface area (Å²) in [7, 11) is -3.34. The highest BCUT2D eigenvalue weighted by molar-refractivity contribution is 7.89. The summed E-state index contributed by atoms with van der Waals surface area (Å²) < 4.78 is 26.1. The number of halogens is 1. The number of nitrogens with zero attached hydrogens (tertiary/aromatic N) is 2. The minimum absolute atomic E-state index is 0.0646. The van der Waals surface area contributed by atoms with Crippen molar-refractivity contribution in [3.8, 4) is 0 Å². The lowest BCUT2D eigenvalue weighted by atomic mass is 10.2. The van der Waals surface area contributed by atoms with Gasteiger partial charge >= 0.3 is 0 Å². The van der Waals surface area contributed by atoms with Gasteiger partial charge in [0.05, 0.1) is 16.5 Å². The van der Waals surface area contributed by atoms with Crippen LogP contribution in [0.2, 0.25) is 5.02 Å². The molecule has 0 aliphatic carbocycles. The lowest BCUT2D eigenvalue weighted by molar-refractivity contribution is -0.120. The van der Waals surface area contributed by atoms with E-state index in [1.807, 2.05) is 24.3 Å². The zero-order chi connectivity index (χ0) is 16.9. The maximum Gasteiger partial charge on any atom is 0.219 e. The third-order valence-electron chi connectivity index (χ3n) is 3.83. The van der Waals surface area contributed by atoms with Gasteiger partial charge in [0, 0.05) is 39.1 Å². The number of sulfonamides is 1. The maximum atomic E-state index is 12.3. The second-order valence-electron chi connectivity index (χ2n) is 5.36. The van der Waals surface area contributed by atoms with Crippen LogP contribution in [0, 0.1) is 0 Å².